The third-order valence-corrected chi connectivity index (χ3v) is 13.5. The average molecular weight is 499 g/mol. The normalized spacial score (nSPS) is 24.4. The second kappa shape index (κ2) is 18.2. The maximum absolute atomic E-state index is 4.32. The molecular weight excluding hydrogens is 469 g/mol. The largest absolute Gasteiger partial charge is 0.179 e. The van der Waals surface area contributed by atoms with Crippen molar-refractivity contribution in [3.05, 3.63) is 0 Å². The molecule has 24 heavy (non-hydrogen) atoms. The van der Waals surface area contributed by atoms with E-state index in [1.165, 1.54) is 53.8 Å². The monoisotopic (exact) mass is 498 g/mol. The van der Waals surface area contributed by atoms with E-state index >= 15 is 0 Å². The lowest BCUT2D eigenvalue weighted by Gasteiger charge is -2.33. The summed E-state index contributed by atoms with van der Waals surface area (Å²) in [5, 5.41) is 0. The van der Waals surface area contributed by atoms with Gasteiger partial charge in [-0.25, -0.2) is 0 Å². The van der Waals surface area contributed by atoms with Gasteiger partial charge < -0.3 is 0 Å². The molecule has 1 fully saturated rings. The molecule has 144 valence electrons. The van der Waals surface area contributed by atoms with Gasteiger partial charge >= 0.3 is 0 Å². The van der Waals surface area contributed by atoms with Crippen molar-refractivity contribution in [1.29, 1.82) is 0 Å². The fourth-order valence-electron chi connectivity index (χ4n) is 1.88. The van der Waals surface area contributed by atoms with Crippen LogP contribution in [-0.4, -0.2) is 65.5 Å². The lowest BCUT2D eigenvalue weighted by atomic mass is 10.6. The van der Waals surface area contributed by atoms with E-state index in [0.29, 0.717) is 0 Å². The summed E-state index contributed by atoms with van der Waals surface area (Å²) in [6, 6.07) is 0. The molecule has 0 radical (unpaired) electrons. The first-order valence-electron chi connectivity index (χ1n) is 8.32. The molecule has 0 saturated carbocycles. The van der Waals surface area contributed by atoms with Crippen LogP contribution in [0.2, 0.25) is 0 Å². The Morgan fingerprint density at radius 1 is 0.542 bits per heavy atom. The van der Waals surface area contributed by atoms with E-state index in [1.54, 1.807) is 0 Å². The van der Waals surface area contributed by atoms with Gasteiger partial charge in [0.05, 0.1) is 13.7 Å². The zero-order valence-electron chi connectivity index (χ0n) is 14.0. The molecule has 1 aliphatic heterocycles. The Balaban J connectivity index is 2.33. The van der Waals surface area contributed by atoms with Gasteiger partial charge in [-0.2, -0.15) is 73.2 Å². The first-order valence-corrected chi connectivity index (χ1v) is 16.5. The van der Waals surface area contributed by atoms with Crippen LogP contribution in [0.3, 0.4) is 0 Å². The molecule has 0 aromatic heterocycles. The van der Waals surface area contributed by atoms with Crippen molar-refractivity contribution in [2.24, 2.45) is 0 Å². The second-order valence-electron chi connectivity index (χ2n) is 5.15. The van der Waals surface area contributed by atoms with Gasteiger partial charge in [0.25, 0.3) is 0 Å². The topological polar surface area (TPSA) is 0 Å². The highest BCUT2D eigenvalue weighted by Gasteiger charge is 2.30. The van der Waals surface area contributed by atoms with Crippen LogP contribution in [0, 0.1) is 0 Å². The Bertz CT molecular complexity index is 231. The SMILES string of the molecule is SCCCSCC1SC(CSCCCS)SC(CSCCCS)S1. The zero-order valence-corrected chi connectivity index (χ0v) is 21.6. The van der Waals surface area contributed by atoms with Gasteiger partial charge in [-0.15, -0.1) is 35.3 Å². The summed E-state index contributed by atoms with van der Waals surface area (Å²) in [5.41, 5.74) is 0. The molecule has 0 unspecified atom stereocenters. The zero-order chi connectivity index (χ0) is 17.5. The molecule has 0 atom stereocenters. The fourth-order valence-corrected chi connectivity index (χ4v) is 13.6. The van der Waals surface area contributed by atoms with Crippen molar-refractivity contribution in [2.45, 2.75) is 33.0 Å². The Labute approximate surface area is 191 Å². The maximum atomic E-state index is 4.32. The average Bonchev–Trinajstić information content (AvgIpc) is 2.59. The summed E-state index contributed by atoms with van der Waals surface area (Å²) in [4.78, 5) is 0. The van der Waals surface area contributed by atoms with Crippen LogP contribution in [0.4, 0.5) is 0 Å². The Kier molecular flexibility index (Phi) is 19.1. The van der Waals surface area contributed by atoms with E-state index in [1.807, 2.05) is 0 Å². The molecule has 0 aliphatic carbocycles. The van der Waals surface area contributed by atoms with Crippen LogP contribution in [-0.2, 0) is 0 Å². The molecule has 0 spiro atoms. The van der Waals surface area contributed by atoms with E-state index in [2.05, 4.69) is 108 Å². The van der Waals surface area contributed by atoms with E-state index in [-0.39, 0.29) is 0 Å². The fraction of sp³-hybridized carbons (Fsp3) is 1.00. The number of thiol groups is 3. The molecule has 0 aromatic rings. The molecule has 0 amide bonds. The summed E-state index contributed by atoms with van der Waals surface area (Å²) < 4.78 is 2.30. The first kappa shape index (κ1) is 25.2. The first-order chi connectivity index (χ1) is 11.8. The second-order valence-corrected chi connectivity index (χ2v) is 15.1. The lowest BCUT2D eigenvalue weighted by Crippen LogP contribution is -2.23. The summed E-state index contributed by atoms with van der Waals surface area (Å²) in [5.74, 6) is 10.7. The minimum Gasteiger partial charge on any atom is -0.179 e. The number of rotatable bonds is 15. The van der Waals surface area contributed by atoms with Crippen molar-refractivity contribution in [3.63, 3.8) is 0 Å². The minimum atomic E-state index is 0.766. The molecule has 1 rings (SSSR count). The molecule has 0 nitrogen and oxygen atoms in total. The summed E-state index contributed by atoms with van der Waals surface area (Å²) in [6.07, 6.45) is 3.70. The summed E-state index contributed by atoms with van der Waals surface area (Å²) >= 11 is 26.0. The predicted molar refractivity (Wildman–Crippen MR) is 142 cm³/mol. The van der Waals surface area contributed by atoms with E-state index in [0.717, 1.165) is 31.0 Å². The van der Waals surface area contributed by atoms with Gasteiger partial charge in [-0.05, 0) is 53.8 Å². The Hall–Kier alpha value is 3.15. The third kappa shape index (κ3) is 13.3. The predicted octanol–water partition coefficient (Wildman–Crippen LogP) is 6.34. The highest BCUT2D eigenvalue weighted by Crippen LogP contribution is 2.49. The van der Waals surface area contributed by atoms with Gasteiger partial charge in [0.2, 0.25) is 0 Å². The van der Waals surface area contributed by atoms with Gasteiger partial charge in [0, 0.05) is 17.3 Å². The standard InChI is InChI=1S/C15H30S9/c16-4-1-7-19-10-13-22-14(11-20-8-2-5-17)24-15(23-13)12-21-9-3-6-18/h13-18H,1-12H2. The van der Waals surface area contributed by atoms with Crippen LogP contribution < -0.4 is 0 Å². The van der Waals surface area contributed by atoms with E-state index < -0.39 is 0 Å². The highest BCUT2D eigenvalue weighted by atomic mass is 32.3. The van der Waals surface area contributed by atoms with Crippen molar-refractivity contribution in [3.8, 4) is 0 Å². The smallest absolute Gasteiger partial charge is 0.0615 e. The van der Waals surface area contributed by atoms with E-state index in [9.17, 15) is 0 Å². The molecule has 1 heterocycles. The quantitative estimate of drug-likeness (QED) is 0.177. The Morgan fingerprint density at radius 3 is 1.08 bits per heavy atom. The summed E-state index contributed by atoms with van der Waals surface area (Å²) in [6.45, 7) is 0. The van der Waals surface area contributed by atoms with E-state index in [4.69, 9.17) is 0 Å². The van der Waals surface area contributed by atoms with Crippen molar-refractivity contribution in [1.82, 2.24) is 0 Å². The van der Waals surface area contributed by atoms with Gasteiger partial charge in [0.15, 0.2) is 0 Å². The minimum absolute atomic E-state index is 0.766. The van der Waals surface area contributed by atoms with Crippen molar-refractivity contribution >= 4 is 108 Å². The lowest BCUT2D eigenvalue weighted by molar-refractivity contribution is 1.12. The number of hydrogen-bond donors (Lipinski definition) is 3. The van der Waals surface area contributed by atoms with Gasteiger partial charge in [-0.1, -0.05) is 0 Å². The van der Waals surface area contributed by atoms with Crippen LogP contribution in [0.15, 0.2) is 0 Å². The molecule has 9 heteroatoms. The van der Waals surface area contributed by atoms with Gasteiger partial charge in [-0.3, -0.25) is 0 Å². The molecule has 0 N–H and O–H groups in total. The Morgan fingerprint density at radius 2 is 0.833 bits per heavy atom. The molecule has 1 saturated heterocycles. The van der Waals surface area contributed by atoms with Crippen LogP contribution in [0.25, 0.3) is 0 Å². The van der Waals surface area contributed by atoms with Crippen molar-refractivity contribution in [2.75, 3.05) is 51.8 Å². The van der Waals surface area contributed by atoms with Crippen LogP contribution in [0.5, 0.6) is 0 Å². The van der Waals surface area contributed by atoms with Crippen LogP contribution >= 0.6 is 108 Å². The van der Waals surface area contributed by atoms with Gasteiger partial charge in [0.1, 0.15) is 0 Å². The van der Waals surface area contributed by atoms with Crippen LogP contribution in [0.1, 0.15) is 19.3 Å². The van der Waals surface area contributed by atoms with Crippen molar-refractivity contribution < 1.29 is 0 Å². The summed E-state index contributed by atoms with van der Waals surface area (Å²) in [7, 11) is 0. The molecule has 0 aromatic carbocycles. The number of hydrogen-bond acceptors (Lipinski definition) is 9. The molecule has 0 bridgehead atoms. The maximum Gasteiger partial charge on any atom is 0.0615 e. The molecular formula is C15H30S9. The third-order valence-electron chi connectivity index (χ3n) is 3.01. The molecule has 1 aliphatic rings. The number of thioether (sulfide) groups is 6. The highest BCUT2D eigenvalue weighted by molar-refractivity contribution is 8.34.